The molecule has 2 saturated heterocycles. The number of hydrogen-bond acceptors (Lipinski definition) is 15. The van der Waals surface area contributed by atoms with Crippen molar-refractivity contribution in [3.8, 4) is 22.8 Å². The molecule has 4 aromatic heterocycles. The fourth-order valence-electron chi connectivity index (χ4n) is 5.53. The standard InChI is InChI=1S/C18H19N5O2S.C10H8N2O3.C8H13N3S/c1-12-11-26-18(19-12)23-8-6-22(7-9-23)17(24)15-5-3-4-14(10-15)16-20-13(2)25-21-16;1-6-11-9(12-15-6)7-3-2-4-8(5-7)10(13)14;1-7-6-12-8(10-7)11-4-2-9-3-5-11/h3-5,10-11H,6-9H2,1-2H3;2-5H,1H3,(H,13,14);6,9H,2-5H2,1H3. The molecular formula is C36H40N10O5S2. The molecule has 1 amide bonds. The molecule has 8 rings (SSSR count). The lowest BCUT2D eigenvalue weighted by Gasteiger charge is -2.34. The van der Waals surface area contributed by atoms with E-state index in [1.807, 2.05) is 43.0 Å². The Morgan fingerprint density at radius 3 is 1.62 bits per heavy atom. The largest absolute Gasteiger partial charge is 0.478 e. The molecule has 2 aromatic carbocycles. The number of aryl methyl sites for hydroxylation is 4. The lowest BCUT2D eigenvalue weighted by atomic mass is 10.1. The Bertz CT molecular complexity index is 2130. The molecule has 2 aliphatic heterocycles. The van der Waals surface area contributed by atoms with Crippen LogP contribution in [0, 0.1) is 27.7 Å². The molecule has 0 bridgehead atoms. The number of carbonyl (C=O) groups is 2. The number of amides is 1. The maximum absolute atomic E-state index is 12.9. The van der Waals surface area contributed by atoms with Gasteiger partial charge in [0.2, 0.25) is 23.4 Å². The highest BCUT2D eigenvalue weighted by atomic mass is 32.1. The number of thiazole rings is 2. The number of piperazine rings is 2. The van der Waals surface area contributed by atoms with Gasteiger partial charge in [-0.15, -0.1) is 22.7 Å². The van der Waals surface area contributed by atoms with Crippen molar-refractivity contribution in [1.29, 1.82) is 0 Å². The van der Waals surface area contributed by atoms with Crippen LogP contribution in [0.1, 0.15) is 43.9 Å². The normalized spacial score (nSPS) is 14.2. The predicted octanol–water partition coefficient (Wildman–Crippen LogP) is 5.38. The number of hydrogen-bond donors (Lipinski definition) is 2. The zero-order valence-corrected chi connectivity index (χ0v) is 31.5. The van der Waals surface area contributed by atoms with Gasteiger partial charge < -0.3 is 34.2 Å². The van der Waals surface area contributed by atoms with Crippen LogP contribution in [0.4, 0.5) is 10.3 Å². The maximum atomic E-state index is 12.9. The van der Waals surface area contributed by atoms with Gasteiger partial charge in [0, 0.05) is 93.7 Å². The van der Waals surface area contributed by atoms with E-state index in [9.17, 15) is 9.59 Å². The van der Waals surface area contributed by atoms with Gasteiger partial charge in [-0.3, -0.25) is 4.79 Å². The van der Waals surface area contributed by atoms with E-state index in [1.54, 1.807) is 48.7 Å². The number of nitrogens with one attached hydrogen (secondary N) is 1. The quantitative estimate of drug-likeness (QED) is 0.221. The highest BCUT2D eigenvalue weighted by molar-refractivity contribution is 7.14. The Balaban J connectivity index is 0.000000150. The van der Waals surface area contributed by atoms with Gasteiger partial charge in [0.25, 0.3) is 5.91 Å². The van der Waals surface area contributed by atoms with Crippen molar-refractivity contribution in [2.75, 3.05) is 62.2 Å². The summed E-state index contributed by atoms with van der Waals surface area (Å²) in [7, 11) is 0. The Kier molecular flexibility index (Phi) is 12.2. The molecule has 6 aromatic rings. The number of carboxylic acid groups (broad SMARTS) is 1. The number of aromatic nitrogens is 6. The van der Waals surface area contributed by atoms with Gasteiger partial charge >= 0.3 is 5.97 Å². The minimum absolute atomic E-state index is 0.0297. The molecule has 0 atom stereocenters. The van der Waals surface area contributed by atoms with Crippen LogP contribution in [0.2, 0.25) is 0 Å². The molecule has 2 N–H and O–H groups in total. The SMILES string of the molecule is Cc1csc(N2CCN(C(=O)c3cccc(-c4noc(C)n4)c3)CC2)n1.Cc1csc(N2CCNCC2)n1.Cc1nc(-c2cccc(C(=O)O)c2)no1. The van der Waals surface area contributed by atoms with Gasteiger partial charge in [-0.2, -0.15) is 9.97 Å². The average Bonchev–Trinajstić information content (AvgIpc) is 4.02. The molecule has 2 fully saturated rings. The second-order valence-electron chi connectivity index (χ2n) is 12.3. The smallest absolute Gasteiger partial charge is 0.335 e. The number of nitrogens with zero attached hydrogens (tertiary/aromatic N) is 9. The number of anilines is 2. The zero-order chi connectivity index (χ0) is 37.3. The monoisotopic (exact) mass is 756 g/mol. The van der Waals surface area contributed by atoms with Crippen molar-refractivity contribution in [3.63, 3.8) is 0 Å². The molecule has 6 heterocycles. The minimum atomic E-state index is -0.975. The van der Waals surface area contributed by atoms with Gasteiger partial charge in [-0.05, 0) is 38.1 Å². The number of carbonyl (C=O) groups excluding carboxylic acids is 1. The summed E-state index contributed by atoms with van der Waals surface area (Å²) in [5.41, 5.74) is 4.43. The molecule has 0 unspecified atom stereocenters. The lowest BCUT2D eigenvalue weighted by molar-refractivity contribution is 0.0695. The topological polar surface area (TPSA) is 180 Å². The summed E-state index contributed by atoms with van der Waals surface area (Å²) in [5.74, 6) is 0.909. The molecule has 0 saturated carbocycles. The maximum Gasteiger partial charge on any atom is 0.335 e. The van der Waals surface area contributed by atoms with Crippen LogP contribution in [0.15, 0.2) is 68.3 Å². The van der Waals surface area contributed by atoms with Crippen LogP contribution in [-0.2, 0) is 0 Å². The van der Waals surface area contributed by atoms with Crippen molar-refractivity contribution < 1.29 is 23.7 Å². The summed E-state index contributed by atoms with van der Waals surface area (Å²) in [4.78, 5) is 47.3. The van der Waals surface area contributed by atoms with E-state index in [2.05, 4.69) is 56.1 Å². The summed E-state index contributed by atoms with van der Waals surface area (Å²) in [5, 5.41) is 26.1. The van der Waals surface area contributed by atoms with E-state index in [0.29, 0.717) is 47.6 Å². The van der Waals surface area contributed by atoms with E-state index < -0.39 is 5.97 Å². The number of benzene rings is 2. The van der Waals surface area contributed by atoms with Gasteiger partial charge in [-0.1, -0.05) is 34.6 Å². The van der Waals surface area contributed by atoms with Crippen molar-refractivity contribution >= 4 is 44.8 Å². The van der Waals surface area contributed by atoms with E-state index in [-0.39, 0.29) is 11.5 Å². The third-order valence-electron chi connectivity index (χ3n) is 8.23. The van der Waals surface area contributed by atoms with E-state index in [0.717, 1.165) is 61.4 Å². The molecule has 0 aliphatic carbocycles. The summed E-state index contributed by atoms with van der Waals surface area (Å²) in [6.45, 7) is 14.8. The lowest BCUT2D eigenvalue weighted by Crippen LogP contribution is -2.48. The molecule has 53 heavy (non-hydrogen) atoms. The Morgan fingerprint density at radius 2 is 1.17 bits per heavy atom. The Hall–Kier alpha value is -5.52. The summed E-state index contributed by atoms with van der Waals surface area (Å²) >= 11 is 3.40. The highest BCUT2D eigenvalue weighted by Crippen LogP contribution is 2.24. The first-order valence-electron chi connectivity index (χ1n) is 17.0. The first-order chi connectivity index (χ1) is 25.6. The fourth-order valence-corrected chi connectivity index (χ4v) is 7.24. The first-order valence-corrected chi connectivity index (χ1v) is 18.8. The van der Waals surface area contributed by atoms with E-state index in [4.69, 9.17) is 14.2 Å². The minimum Gasteiger partial charge on any atom is -0.478 e. The third-order valence-corrected chi connectivity index (χ3v) is 10.3. The molecule has 15 nitrogen and oxygen atoms in total. The summed E-state index contributed by atoms with van der Waals surface area (Å²) < 4.78 is 9.83. The molecule has 276 valence electrons. The van der Waals surface area contributed by atoms with Crippen molar-refractivity contribution in [1.82, 2.24) is 40.5 Å². The predicted molar refractivity (Wildman–Crippen MR) is 203 cm³/mol. The summed E-state index contributed by atoms with van der Waals surface area (Å²) in [6, 6.07) is 13.8. The van der Waals surface area contributed by atoms with Gasteiger partial charge in [-0.25, -0.2) is 14.8 Å². The number of rotatable bonds is 6. The van der Waals surface area contributed by atoms with Crippen molar-refractivity contribution in [2.45, 2.75) is 27.7 Å². The van der Waals surface area contributed by atoms with Crippen LogP contribution in [0.25, 0.3) is 22.8 Å². The van der Waals surface area contributed by atoms with Crippen LogP contribution in [-0.4, -0.2) is 104 Å². The first kappa shape index (κ1) is 37.2. The second-order valence-corrected chi connectivity index (χ2v) is 14.0. The Morgan fingerprint density at radius 1 is 0.679 bits per heavy atom. The van der Waals surface area contributed by atoms with Gasteiger partial charge in [0.05, 0.1) is 17.0 Å². The highest BCUT2D eigenvalue weighted by Gasteiger charge is 2.24. The second kappa shape index (κ2) is 17.3. The average molecular weight is 757 g/mol. The van der Waals surface area contributed by atoms with Gasteiger partial charge in [0.15, 0.2) is 10.3 Å². The zero-order valence-electron chi connectivity index (χ0n) is 29.9. The van der Waals surface area contributed by atoms with Crippen LogP contribution in [0.3, 0.4) is 0 Å². The third kappa shape index (κ3) is 9.88. The molecule has 17 heteroatoms. The van der Waals surface area contributed by atoms with Crippen LogP contribution >= 0.6 is 22.7 Å². The molecule has 0 radical (unpaired) electrons. The van der Waals surface area contributed by atoms with Crippen LogP contribution < -0.4 is 15.1 Å². The summed E-state index contributed by atoms with van der Waals surface area (Å²) in [6.07, 6.45) is 0. The molecule has 0 spiro atoms. The number of carboxylic acids is 1. The molecular weight excluding hydrogens is 717 g/mol. The van der Waals surface area contributed by atoms with Crippen molar-refractivity contribution in [2.24, 2.45) is 0 Å². The van der Waals surface area contributed by atoms with E-state index in [1.165, 1.54) is 17.3 Å². The van der Waals surface area contributed by atoms with Crippen molar-refractivity contribution in [3.05, 3.63) is 93.6 Å². The van der Waals surface area contributed by atoms with E-state index >= 15 is 0 Å². The van der Waals surface area contributed by atoms with Crippen LogP contribution in [0.5, 0.6) is 0 Å². The fraction of sp³-hybridized carbons (Fsp3) is 0.333. The Labute approximate surface area is 314 Å². The molecule has 2 aliphatic rings. The van der Waals surface area contributed by atoms with Gasteiger partial charge in [0.1, 0.15) is 0 Å². The number of aromatic carboxylic acids is 1.